The van der Waals surface area contributed by atoms with Gasteiger partial charge in [0.2, 0.25) is 0 Å². The number of benzene rings is 1. The van der Waals surface area contributed by atoms with Crippen LogP contribution >= 0.6 is 11.6 Å². The number of aromatic nitrogens is 3. The summed E-state index contributed by atoms with van der Waals surface area (Å²) in [4.78, 5) is 4.69. The van der Waals surface area contributed by atoms with E-state index in [1.807, 2.05) is 30.5 Å². The van der Waals surface area contributed by atoms with Crippen molar-refractivity contribution < 1.29 is 0 Å². The molecule has 3 aromatic rings. The number of rotatable bonds is 2. The van der Waals surface area contributed by atoms with Crippen molar-refractivity contribution in [2.45, 2.75) is 19.8 Å². The molecule has 3 rings (SSSR count). The van der Waals surface area contributed by atoms with E-state index in [1.165, 1.54) is 0 Å². The van der Waals surface area contributed by atoms with Crippen molar-refractivity contribution in [2.24, 2.45) is 0 Å². The average Bonchev–Trinajstić information content (AvgIpc) is 2.84. The van der Waals surface area contributed by atoms with Crippen LogP contribution in [0.25, 0.3) is 16.8 Å². The van der Waals surface area contributed by atoms with E-state index in [4.69, 9.17) is 11.6 Å². The molecule has 0 aliphatic heterocycles. The first-order chi connectivity index (χ1) is 9.16. The van der Waals surface area contributed by atoms with Gasteiger partial charge in [0.05, 0.1) is 6.20 Å². The summed E-state index contributed by atoms with van der Waals surface area (Å²) in [7, 11) is 0. The van der Waals surface area contributed by atoms with E-state index in [0.717, 1.165) is 22.5 Å². The molecule has 0 spiro atoms. The van der Waals surface area contributed by atoms with Gasteiger partial charge in [0.15, 0.2) is 5.65 Å². The Balaban J connectivity index is 2.27. The molecular formula is C15H14ClN3. The molecule has 96 valence electrons. The van der Waals surface area contributed by atoms with Crippen molar-refractivity contribution >= 4 is 17.2 Å². The second-order valence-electron chi connectivity index (χ2n) is 4.82. The molecule has 4 heteroatoms. The molecule has 0 amide bonds. The topological polar surface area (TPSA) is 30.2 Å². The highest BCUT2D eigenvalue weighted by Gasteiger charge is 2.13. The van der Waals surface area contributed by atoms with Crippen LogP contribution in [0.5, 0.6) is 0 Å². The van der Waals surface area contributed by atoms with Gasteiger partial charge in [0, 0.05) is 11.3 Å². The molecule has 0 aliphatic rings. The van der Waals surface area contributed by atoms with E-state index in [1.54, 1.807) is 4.52 Å². The summed E-state index contributed by atoms with van der Waals surface area (Å²) in [5, 5.41) is 4.91. The first-order valence-electron chi connectivity index (χ1n) is 6.26. The second-order valence-corrected chi connectivity index (χ2v) is 5.21. The summed E-state index contributed by atoms with van der Waals surface area (Å²) in [5.74, 6) is 0.334. The van der Waals surface area contributed by atoms with Gasteiger partial charge in [-0.2, -0.15) is 5.10 Å². The van der Waals surface area contributed by atoms with Crippen LogP contribution < -0.4 is 0 Å². The zero-order valence-electron chi connectivity index (χ0n) is 10.8. The Morgan fingerprint density at radius 3 is 2.58 bits per heavy atom. The second kappa shape index (κ2) is 4.67. The molecule has 0 fully saturated rings. The van der Waals surface area contributed by atoms with Crippen molar-refractivity contribution in [3.63, 3.8) is 0 Å². The van der Waals surface area contributed by atoms with E-state index < -0.39 is 0 Å². The SMILES string of the molecule is CC(C)c1cc(Cl)n2ncc(-c3ccccc3)c2n1. The Kier molecular flexibility index (Phi) is 2.99. The molecule has 0 atom stereocenters. The number of hydrogen-bond acceptors (Lipinski definition) is 2. The molecule has 2 heterocycles. The van der Waals surface area contributed by atoms with Crippen LogP contribution in [0, 0.1) is 0 Å². The lowest BCUT2D eigenvalue weighted by molar-refractivity contribution is 0.809. The molecule has 0 aliphatic carbocycles. The summed E-state index contributed by atoms with van der Waals surface area (Å²) >= 11 is 6.27. The van der Waals surface area contributed by atoms with Crippen LogP contribution in [0.2, 0.25) is 5.15 Å². The van der Waals surface area contributed by atoms with E-state index in [9.17, 15) is 0 Å². The minimum atomic E-state index is 0.334. The fourth-order valence-corrected chi connectivity index (χ4v) is 2.30. The average molecular weight is 272 g/mol. The maximum absolute atomic E-state index is 6.27. The van der Waals surface area contributed by atoms with Gasteiger partial charge in [-0.15, -0.1) is 0 Å². The highest BCUT2D eigenvalue weighted by atomic mass is 35.5. The van der Waals surface area contributed by atoms with Crippen LogP contribution in [0.1, 0.15) is 25.5 Å². The Morgan fingerprint density at radius 1 is 1.16 bits per heavy atom. The standard InChI is InChI=1S/C15H14ClN3/c1-10(2)13-8-14(16)19-15(18-13)12(9-17-19)11-6-4-3-5-7-11/h3-10H,1-2H3. The Labute approximate surface area is 116 Å². The van der Waals surface area contributed by atoms with Gasteiger partial charge in [0.1, 0.15) is 5.15 Å². The molecule has 0 N–H and O–H groups in total. The third kappa shape index (κ3) is 2.10. The summed E-state index contributed by atoms with van der Waals surface area (Å²) in [6.07, 6.45) is 1.81. The number of fused-ring (bicyclic) bond motifs is 1. The molecule has 0 saturated carbocycles. The van der Waals surface area contributed by atoms with Crippen LogP contribution in [0.15, 0.2) is 42.6 Å². The van der Waals surface area contributed by atoms with Gasteiger partial charge >= 0.3 is 0 Å². The van der Waals surface area contributed by atoms with Crippen LogP contribution in [-0.2, 0) is 0 Å². The highest BCUT2D eigenvalue weighted by Crippen LogP contribution is 2.27. The molecule has 0 radical (unpaired) electrons. The monoisotopic (exact) mass is 271 g/mol. The largest absolute Gasteiger partial charge is 0.233 e. The van der Waals surface area contributed by atoms with Crippen LogP contribution in [0.4, 0.5) is 0 Å². The molecule has 2 aromatic heterocycles. The lowest BCUT2D eigenvalue weighted by Crippen LogP contribution is -1.99. The third-order valence-electron chi connectivity index (χ3n) is 3.12. The fraction of sp³-hybridized carbons (Fsp3) is 0.200. The van der Waals surface area contributed by atoms with Crippen molar-refractivity contribution in [2.75, 3.05) is 0 Å². The summed E-state index contributed by atoms with van der Waals surface area (Å²) in [6.45, 7) is 4.21. The molecule has 1 aromatic carbocycles. The predicted molar refractivity (Wildman–Crippen MR) is 77.5 cm³/mol. The highest BCUT2D eigenvalue weighted by molar-refractivity contribution is 6.29. The van der Waals surface area contributed by atoms with Gasteiger partial charge < -0.3 is 0 Å². The van der Waals surface area contributed by atoms with Crippen molar-refractivity contribution in [1.29, 1.82) is 0 Å². The van der Waals surface area contributed by atoms with Gasteiger partial charge in [-0.25, -0.2) is 9.50 Å². The first kappa shape index (κ1) is 12.2. The Bertz CT molecular complexity index is 717. The van der Waals surface area contributed by atoms with Gasteiger partial charge in [-0.1, -0.05) is 55.8 Å². The van der Waals surface area contributed by atoms with E-state index in [2.05, 4.69) is 36.1 Å². The van der Waals surface area contributed by atoms with Gasteiger partial charge in [-0.3, -0.25) is 0 Å². The summed E-state index contributed by atoms with van der Waals surface area (Å²) in [6, 6.07) is 12.0. The smallest absolute Gasteiger partial charge is 0.164 e. The third-order valence-corrected chi connectivity index (χ3v) is 3.39. The minimum absolute atomic E-state index is 0.334. The molecule has 0 saturated heterocycles. The Morgan fingerprint density at radius 2 is 1.89 bits per heavy atom. The zero-order chi connectivity index (χ0) is 13.4. The lowest BCUT2D eigenvalue weighted by atomic mass is 10.1. The van der Waals surface area contributed by atoms with E-state index in [-0.39, 0.29) is 0 Å². The maximum Gasteiger partial charge on any atom is 0.164 e. The molecule has 0 bridgehead atoms. The van der Waals surface area contributed by atoms with Crippen molar-refractivity contribution in [3.8, 4) is 11.1 Å². The summed E-state index contributed by atoms with van der Waals surface area (Å²) in [5.41, 5.74) is 3.89. The fourth-order valence-electron chi connectivity index (χ4n) is 2.06. The predicted octanol–water partition coefficient (Wildman–Crippen LogP) is 4.17. The molecule has 19 heavy (non-hydrogen) atoms. The minimum Gasteiger partial charge on any atom is -0.233 e. The summed E-state index contributed by atoms with van der Waals surface area (Å²) < 4.78 is 1.68. The number of halogens is 1. The number of nitrogens with zero attached hydrogens (tertiary/aromatic N) is 3. The number of hydrogen-bond donors (Lipinski definition) is 0. The van der Waals surface area contributed by atoms with Crippen LogP contribution in [0.3, 0.4) is 0 Å². The van der Waals surface area contributed by atoms with Crippen LogP contribution in [-0.4, -0.2) is 14.6 Å². The lowest BCUT2D eigenvalue weighted by Gasteiger charge is -2.07. The first-order valence-corrected chi connectivity index (χ1v) is 6.64. The molecular weight excluding hydrogens is 258 g/mol. The van der Waals surface area contributed by atoms with Crippen molar-refractivity contribution in [3.05, 3.63) is 53.4 Å². The van der Waals surface area contributed by atoms with E-state index >= 15 is 0 Å². The quantitative estimate of drug-likeness (QED) is 0.655. The van der Waals surface area contributed by atoms with E-state index in [0.29, 0.717) is 11.1 Å². The van der Waals surface area contributed by atoms with Gasteiger partial charge in [-0.05, 0) is 17.5 Å². The Hall–Kier alpha value is -1.87. The molecule has 3 nitrogen and oxygen atoms in total. The molecule has 0 unspecified atom stereocenters. The maximum atomic E-state index is 6.27. The zero-order valence-corrected chi connectivity index (χ0v) is 11.6. The van der Waals surface area contributed by atoms with Gasteiger partial charge in [0.25, 0.3) is 0 Å². The van der Waals surface area contributed by atoms with Crippen molar-refractivity contribution in [1.82, 2.24) is 14.6 Å². The normalized spacial score (nSPS) is 11.4.